The summed E-state index contributed by atoms with van der Waals surface area (Å²) < 4.78 is 7.37. The molecule has 17 heavy (non-hydrogen) atoms. The van der Waals surface area contributed by atoms with Gasteiger partial charge in [0.1, 0.15) is 0 Å². The van der Waals surface area contributed by atoms with Gasteiger partial charge in [0.2, 0.25) is 0 Å². The van der Waals surface area contributed by atoms with Gasteiger partial charge in [0.05, 0.1) is 18.3 Å². The maximum absolute atomic E-state index is 11.3. The van der Waals surface area contributed by atoms with E-state index >= 15 is 0 Å². The normalized spacial score (nSPS) is 20.7. The van der Waals surface area contributed by atoms with Crippen molar-refractivity contribution in [3.8, 4) is 5.75 Å². The molecular weight excluding hydrogens is 220 g/mol. The molecule has 0 atom stereocenters. The maximum atomic E-state index is 11.3. The number of hydrogen-bond acceptors (Lipinski definition) is 3. The zero-order valence-electron chi connectivity index (χ0n) is 9.63. The lowest BCUT2D eigenvalue weighted by molar-refractivity contribution is 0.0675. The van der Waals surface area contributed by atoms with Crippen molar-refractivity contribution in [3.63, 3.8) is 0 Å². The number of aromatic nitrogens is 2. The van der Waals surface area contributed by atoms with E-state index in [1.807, 2.05) is 0 Å². The molecule has 5 heteroatoms. The first-order valence-corrected chi connectivity index (χ1v) is 6.23. The van der Waals surface area contributed by atoms with Crippen LogP contribution in [0.3, 0.4) is 0 Å². The molecule has 2 saturated carbocycles. The van der Waals surface area contributed by atoms with Crippen LogP contribution in [0.15, 0.2) is 6.20 Å². The fourth-order valence-electron chi connectivity index (χ4n) is 2.42. The molecular formula is C12H16N2O3. The molecule has 92 valence electrons. The topological polar surface area (TPSA) is 64.3 Å². The molecule has 0 amide bonds. The summed E-state index contributed by atoms with van der Waals surface area (Å²) in [6.45, 7) is 0. The molecule has 3 rings (SSSR count). The molecule has 0 unspecified atom stereocenters. The fraction of sp³-hybridized carbons (Fsp3) is 0.667. The van der Waals surface area contributed by atoms with Crippen LogP contribution in [0.4, 0.5) is 0 Å². The molecule has 0 aromatic carbocycles. The molecule has 0 saturated heterocycles. The minimum absolute atomic E-state index is 0.171. The number of carboxylic acid groups (broad SMARTS) is 1. The van der Waals surface area contributed by atoms with E-state index in [4.69, 9.17) is 4.74 Å². The first kappa shape index (κ1) is 10.6. The van der Waals surface area contributed by atoms with Gasteiger partial charge in [0.15, 0.2) is 11.4 Å². The monoisotopic (exact) mass is 236 g/mol. The van der Waals surface area contributed by atoms with E-state index in [1.165, 1.54) is 12.8 Å². The van der Waals surface area contributed by atoms with Gasteiger partial charge in [0.25, 0.3) is 0 Å². The Labute approximate surface area is 99.4 Å². The van der Waals surface area contributed by atoms with Gasteiger partial charge in [-0.2, -0.15) is 5.10 Å². The Morgan fingerprint density at radius 1 is 1.35 bits per heavy atom. The number of hydrogen-bond donors (Lipinski definition) is 1. The van der Waals surface area contributed by atoms with Crippen LogP contribution in [0, 0.1) is 0 Å². The van der Waals surface area contributed by atoms with E-state index in [-0.39, 0.29) is 17.8 Å². The van der Waals surface area contributed by atoms with Crippen molar-refractivity contribution >= 4 is 5.97 Å². The summed E-state index contributed by atoms with van der Waals surface area (Å²) in [5.74, 6) is -0.501. The number of aromatic carboxylic acids is 1. The Morgan fingerprint density at radius 3 is 2.65 bits per heavy atom. The Balaban J connectivity index is 1.84. The SMILES string of the molecule is O=C(O)c1c(OC2CCCC2)cnn1C1CC1. The van der Waals surface area contributed by atoms with Crippen LogP contribution in [0.25, 0.3) is 0 Å². The highest BCUT2D eigenvalue weighted by Crippen LogP contribution is 2.38. The van der Waals surface area contributed by atoms with Crippen LogP contribution in [-0.4, -0.2) is 27.0 Å². The van der Waals surface area contributed by atoms with Crippen molar-refractivity contribution < 1.29 is 14.6 Å². The summed E-state index contributed by atoms with van der Waals surface area (Å²) >= 11 is 0. The predicted molar refractivity (Wildman–Crippen MR) is 60.3 cm³/mol. The third-order valence-electron chi connectivity index (χ3n) is 3.45. The second-order valence-electron chi connectivity index (χ2n) is 4.86. The fourth-order valence-corrected chi connectivity index (χ4v) is 2.42. The summed E-state index contributed by atoms with van der Waals surface area (Å²) in [6.07, 6.45) is 8.15. The zero-order chi connectivity index (χ0) is 11.8. The summed E-state index contributed by atoms with van der Waals surface area (Å²) in [7, 11) is 0. The van der Waals surface area contributed by atoms with E-state index < -0.39 is 5.97 Å². The van der Waals surface area contributed by atoms with Gasteiger partial charge in [0, 0.05) is 0 Å². The van der Waals surface area contributed by atoms with Crippen LogP contribution >= 0.6 is 0 Å². The van der Waals surface area contributed by atoms with E-state index in [2.05, 4.69) is 5.10 Å². The number of carboxylic acids is 1. The van der Waals surface area contributed by atoms with Gasteiger partial charge in [-0.1, -0.05) is 0 Å². The van der Waals surface area contributed by atoms with Gasteiger partial charge >= 0.3 is 5.97 Å². The lowest BCUT2D eigenvalue weighted by Crippen LogP contribution is -2.15. The van der Waals surface area contributed by atoms with Crippen molar-refractivity contribution in [1.29, 1.82) is 0 Å². The van der Waals surface area contributed by atoms with Crippen molar-refractivity contribution in [3.05, 3.63) is 11.9 Å². The van der Waals surface area contributed by atoms with Crippen LogP contribution in [-0.2, 0) is 0 Å². The van der Waals surface area contributed by atoms with Gasteiger partial charge in [-0.25, -0.2) is 4.79 Å². The lowest BCUT2D eigenvalue weighted by atomic mass is 10.3. The zero-order valence-corrected chi connectivity index (χ0v) is 9.63. The Bertz CT molecular complexity index is 431. The molecule has 0 radical (unpaired) electrons. The number of carbonyl (C=O) groups is 1. The van der Waals surface area contributed by atoms with Crippen molar-refractivity contribution in [2.75, 3.05) is 0 Å². The number of ether oxygens (including phenoxy) is 1. The maximum Gasteiger partial charge on any atom is 0.358 e. The highest BCUT2D eigenvalue weighted by molar-refractivity contribution is 5.88. The predicted octanol–water partition coefficient (Wildman–Crippen LogP) is 2.24. The largest absolute Gasteiger partial charge is 0.486 e. The highest BCUT2D eigenvalue weighted by Gasteiger charge is 2.32. The molecule has 2 fully saturated rings. The van der Waals surface area contributed by atoms with E-state index in [9.17, 15) is 9.90 Å². The second-order valence-corrected chi connectivity index (χ2v) is 4.86. The molecule has 2 aliphatic rings. The third kappa shape index (κ3) is 2.01. The van der Waals surface area contributed by atoms with Gasteiger partial charge in [-0.05, 0) is 38.5 Å². The average molecular weight is 236 g/mol. The number of rotatable bonds is 4. The van der Waals surface area contributed by atoms with Crippen molar-refractivity contribution in [2.45, 2.75) is 50.7 Å². The molecule has 5 nitrogen and oxygen atoms in total. The molecule has 1 aromatic rings. The quantitative estimate of drug-likeness (QED) is 0.870. The minimum atomic E-state index is -0.942. The molecule has 0 bridgehead atoms. The highest BCUT2D eigenvalue weighted by atomic mass is 16.5. The second kappa shape index (κ2) is 4.05. The smallest absolute Gasteiger partial charge is 0.358 e. The summed E-state index contributed by atoms with van der Waals surface area (Å²) in [6, 6.07) is 0.266. The molecule has 0 spiro atoms. The van der Waals surface area contributed by atoms with E-state index in [0.717, 1.165) is 25.7 Å². The van der Waals surface area contributed by atoms with Crippen LogP contribution in [0.2, 0.25) is 0 Å². The minimum Gasteiger partial charge on any atom is -0.486 e. The molecule has 1 heterocycles. The van der Waals surface area contributed by atoms with Crippen molar-refractivity contribution in [1.82, 2.24) is 9.78 Å². The van der Waals surface area contributed by atoms with E-state index in [0.29, 0.717) is 5.75 Å². The van der Waals surface area contributed by atoms with Gasteiger partial charge < -0.3 is 9.84 Å². The first-order valence-electron chi connectivity index (χ1n) is 6.23. The summed E-state index contributed by atoms with van der Waals surface area (Å²) in [4.78, 5) is 11.3. The van der Waals surface area contributed by atoms with Crippen molar-refractivity contribution in [2.24, 2.45) is 0 Å². The molecule has 1 aromatic heterocycles. The molecule has 2 aliphatic carbocycles. The third-order valence-corrected chi connectivity index (χ3v) is 3.45. The summed E-state index contributed by atoms with van der Waals surface area (Å²) in [5, 5.41) is 13.4. The first-order chi connectivity index (χ1) is 8.25. The molecule has 0 aliphatic heterocycles. The molecule has 1 N–H and O–H groups in total. The Morgan fingerprint density at radius 2 is 2.06 bits per heavy atom. The Kier molecular flexibility index (Phi) is 2.53. The van der Waals surface area contributed by atoms with Crippen LogP contribution in [0.5, 0.6) is 5.75 Å². The standard InChI is InChI=1S/C12H16N2O3/c15-12(16)11-10(17-9-3-1-2-4-9)7-13-14(11)8-5-6-8/h7-9H,1-6H2,(H,15,16). The van der Waals surface area contributed by atoms with Crippen LogP contribution < -0.4 is 4.74 Å². The number of nitrogens with zero attached hydrogens (tertiary/aromatic N) is 2. The lowest BCUT2D eigenvalue weighted by Gasteiger charge is -2.12. The van der Waals surface area contributed by atoms with Gasteiger partial charge in [-0.3, -0.25) is 4.68 Å². The van der Waals surface area contributed by atoms with Crippen LogP contribution in [0.1, 0.15) is 55.1 Å². The van der Waals surface area contributed by atoms with E-state index in [1.54, 1.807) is 10.9 Å². The van der Waals surface area contributed by atoms with Gasteiger partial charge in [-0.15, -0.1) is 0 Å². The Hall–Kier alpha value is -1.52. The average Bonchev–Trinajstić information content (AvgIpc) is 2.86. The summed E-state index contributed by atoms with van der Waals surface area (Å²) in [5.41, 5.74) is 0.222.